The Labute approximate surface area is 105 Å². The van der Waals surface area contributed by atoms with Crippen LogP contribution in [-0.4, -0.2) is 21.1 Å². The van der Waals surface area contributed by atoms with Gasteiger partial charge >= 0.3 is 6.18 Å². The highest BCUT2D eigenvalue weighted by Gasteiger charge is 2.34. The molecule has 0 saturated heterocycles. The lowest BCUT2D eigenvalue weighted by molar-refractivity contribution is -0.141. The number of phenols is 1. The molecule has 7 heteroatoms. The maximum absolute atomic E-state index is 12.4. The summed E-state index contributed by atoms with van der Waals surface area (Å²) in [6.45, 7) is 1.70. The van der Waals surface area contributed by atoms with Crippen LogP contribution < -0.4 is 0 Å². The molecule has 1 heterocycles. The van der Waals surface area contributed by atoms with Gasteiger partial charge in [-0.25, -0.2) is 0 Å². The maximum Gasteiger partial charge on any atom is 0.432 e. The van der Waals surface area contributed by atoms with E-state index in [9.17, 15) is 23.1 Å². The first-order valence-corrected chi connectivity index (χ1v) is 5.26. The molecule has 2 aromatic rings. The Morgan fingerprint density at radius 2 is 2.00 bits per heavy atom. The van der Waals surface area contributed by atoms with Crippen molar-refractivity contribution in [2.75, 3.05) is 0 Å². The third-order valence-corrected chi connectivity index (χ3v) is 2.51. The van der Waals surface area contributed by atoms with E-state index in [0.717, 1.165) is 0 Å². The minimum atomic E-state index is -4.60. The fourth-order valence-corrected chi connectivity index (χ4v) is 1.55. The van der Waals surface area contributed by atoms with Crippen LogP contribution in [0.1, 0.15) is 27.3 Å². The summed E-state index contributed by atoms with van der Waals surface area (Å²) in [5.41, 5.74) is -0.885. The molecule has 0 saturated carbocycles. The number of phenolic OH excluding ortho intramolecular Hbond substituents is 1. The molecule has 1 aromatic heterocycles. The lowest BCUT2D eigenvalue weighted by Crippen LogP contribution is -2.05. The van der Waals surface area contributed by atoms with Crippen LogP contribution in [0.5, 0.6) is 5.75 Å². The van der Waals surface area contributed by atoms with Crippen LogP contribution in [0.3, 0.4) is 0 Å². The van der Waals surface area contributed by atoms with Crippen LogP contribution >= 0.6 is 0 Å². The molecule has 2 rings (SSSR count). The first-order chi connectivity index (χ1) is 8.79. The number of hydrogen-bond donors (Lipinski definition) is 2. The van der Waals surface area contributed by atoms with Gasteiger partial charge in [0.25, 0.3) is 0 Å². The Morgan fingerprint density at radius 1 is 1.32 bits per heavy atom. The first kappa shape index (κ1) is 13.1. The molecule has 0 aliphatic heterocycles. The quantitative estimate of drug-likeness (QED) is 0.824. The van der Waals surface area contributed by atoms with Gasteiger partial charge in [0.1, 0.15) is 17.1 Å². The average Bonchev–Trinajstić information content (AvgIpc) is 2.80. The number of benzene rings is 1. The van der Waals surface area contributed by atoms with Crippen molar-refractivity contribution in [3.8, 4) is 5.75 Å². The summed E-state index contributed by atoms with van der Waals surface area (Å²) in [4.78, 5) is 11.9. The Balaban J connectivity index is 2.39. The van der Waals surface area contributed by atoms with E-state index in [1.807, 2.05) is 0 Å². The molecule has 0 spiro atoms. The van der Waals surface area contributed by atoms with Crippen LogP contribution in [0.4, 0.5) is 13.2 Å². The van der Waals surface area contributed by atoms with Crippen molar-refractivity contribution >= 4 is 5.78 Å². The molecular weight excluding hydrogens is 261 g/mol. The van der Waals surface area contributed by atoms with Crippen LogP contribution in [0.2, 0.25) is 0 Å². The molecule has 19 heavy (non-hydrogen) atoms. The zero-order chi connectivity index (χ0) is 14.2. The van der Waals surface area contributed by atoms with Gasteiger partial charge in [0.15, 0.2) is 0 Å². The van der Waals surface area contributed by atoms with E-state index in [1.165, 1.54) is 12.1 Å². The number of ketones is 1. The van der Waals surface area contributed by atoms with Gasteiger partial charge in [-0.1, -0.05) is 11.6 Å². The molecule has 0 amide bonds. The Morgan fingerprint density at radius 3 is 2.58 bits per heavy atom. The molecular formula is C12H9F3N2O2. The van der Waals surface area contributed by atoms with Crippen molar-refractivity contribution in [3.05, 3.63) is 46.8 Å². The number of aryl methyl sites for hydroxylation is 1. The van der Waals surface area contributed by atoms with E-state index < -0.39 is 23.3 Å². The number of H-pyrrole nitrogens is 1. The van der Waals surface area contributed by atoms with Crippen LogP contribution in [0.25, 0.3) is 0 Å². The number of hydrogen-bond acceptors (Lipinski definition) is 3. The predicted octanol–water partition coefficient (Wildman–Crippen LogP) is 2.67. The number of carbonyl (C=O) groups is 1. The van der Waals surface area contributed by atoms with Gasteiger partial charge in [0.2, 0.25) is 5.78 Å². The summed E-state index contributed by atoms with van der Waals surface area (Å²) in [5, 5.41) is 14.6. The van der Waals surface area contributed by atoms with Gasteiger partial charge < -0.3 is 5.11 Å². The van der Waals surface area contributed by atoms with E-state index in [-0.39, 0.29) is 11.3 Å². The third-order valence-electron chi connectivity index (χ3n) is 2.51. The summed E-state index contributed by atoms with van der Waals surface area (Å²) >= 11 is 0. The van der Waals surface area contributed by atoms with Crippen LogP contribution in [0.15, 0.2) is 24.3 Å². The summed E-state index contributed by atoms with van der Waals surface area (Å²) in [6, 6.07) is 4.89. The molecule has 2 N–H and O–H groups in total. The summed E-state index contributed by atoms with van der Waals surface area (Å²) in [5.74, 6) is -1.07. The number of alkyl halides is 3. The van der Waals surface area contributed by atoms with Gasteiger partial charge in [-0.05, 0) is 25.1 Å². The fourth-order valence-electron chi connectivity index (χ4n) is 1.55. The Hall–Kier alpha value is -2.31. The number of nitrogens with one attached hydrogen (secondary N) is 1. The third kappa shape index (κ3) is 2.59. The summed E-state index contributed by atoms with van der Waals surface area (Å²) in [6.07, 6.45) is -4.60. The van der Waals surface area contributed by atoms with Crippen molar-refractivity contribution in [3.63, 3.8) is 0 Å². The smallest absolute Gasteiger partial charge is 0.432 e. The van der Waals surface area contributed by atoms with E-state index >= 15 is 0 Å². The maximum atomic E-state index is 12.4. The second-order valence-corrected chi connectivity index (χ2v) is 4.01. The molecule has 0 radical (unpaired) electrons. The van der Waals surface area contributed by atoms with Crippen LogP contribution in [-0.2, 0) is 6.18 Å². The molecule has 0 bridgehead atoms. The minimum absolute atomic E-state index is 0.0831. The zero-order valence-corrected chi connectivity index (χ0v) is 9.75. The average molecular weight is 270 g/mol. The van der Waals surface area contributed by atoms with Crippen molar-refractivity contribution in [1.29, 1.82) is 0 Å². The van der Waals surface area contributed by atoms with E-state index in [4.69, 9.17) is 0 Å². The molecule has 0 atom stereocenters. The summed E-state index contributed by atoms with van der Waals surface area (Å²) < 4.78 is 37.1. The van der Waals surface area contributed by atoms with E-state index in [2.05, 4.69) is 5.10 Å². The lowest BCUT2D eigenvalue weighted by Gasteiger charge is -2.02. The lowest BCUT2D eigenvalue weighted by atomic mass is 10.0. The standard InChI is InChI=1S/C12H9F3N2O2/c1-6-2-3-9(18)7(4-6)11(19)8-5-10(17-16-8)12(13,14)15/h2-5,18H,1H3,(H,16,17). The monoisotopic (exact) mass is 270 g/mol. The normalized spacial score (nSPS) is 11.6. The highest BCUT2D eigenvalue weighted by atomic mass is 19.4. The fraction of sp³-hybridized carbons (Fsp3) is 0.167. The molecule has 4 nitrogen and oxygen atoms in total. The number of carbonyl (C=O) groups excluding carboxylic acids is 1. The number of nitrogens with zero attached hydrogens (tertiary/aromatic N) is 1. The minimum Gasteiger partial charge on any atom is -0.507 e. The topological polar surface area (TPSA) is 66.0 Å². The predicted molar refractivity (Wildman–Crippen MR) is 59.9 cm³/mol. The zero-order valence-electron chi connectivity index (χ0n) is 9.75. The second kappa shape index (κ2) is 4.42. The van der Waals surface area contributed by atoms with Gasteiger partial charge in [-0.3, -0.25) is 9.89 Å². The first-order valence-electron chi connectivity index (χ1n) is 5.26. The van der Waals surface area contributed by atoms with Crippen LogP contribution in [0, 0.1) is 6.92 Å². The van der Waals surface area contributed by atoms with Crippen molar-refractivity contribution in [2.24, 2.45) is 0 Å². The van der Waals surface area contributed by atoms with Gasteiger partial charge in [0.05, 0.1) is 5.56 Å². The van der Waals surface area contributed by atoms with Crippen molar-refractivity contribution in [2.45, 2.75) is 13.1 Å². The number of aromatic nitrogens is 2. The molecule has 0 aliphatic rings. The van der Waals surface area contributed by atoms with Crippen molar-refractivity contribution in [1.82, 2.24) is 10.2 Å². The highest BCUT2D eigenvalue weighted by molar-refractivity contribution is 6.09. The molecule has 1 aromatic carbocycles. The second-order valence-electron chi connectivity index (χ2n) is 4.01. The van der Waals surface area contributed by atoms with Gasteiger partial charge in [-0.15, -0.1) is 0 Å². The summed E-state index contributed by atoms with van der Waals surface area (Å²) in [7, 11) is 0. The number of aromatic hydroxyl groups is 1. The Kier molecular flexibility index (Phi) is 3.05. The number of halogens is 3. The highest BCUT2D eigenvalue weighted by Crippen LogP contribution is 2.29. The molecule has 0 unspecified atom stereocenters. The molecule has 0 fully saturated rings. The van der Waals surface area contributed by atoms with Gasteiger partial charge in [0, 0.05) is 0 Å². The Bertz CT molecular complexity index is 632. The van der Waals surface area contributed by atoms with Crippen molar-refractivity contribution < 1.29 is 23.1 Å². The number of aromatic amines is 1. The number of rotatable bonds is 2. The largest absolute Gasteiger partial charge is 0.507 e. The van der Waals surface area contributed by atoms with E-state index in [0.29, 0.717) is 11.6 Å². The SMILES string of the molecule is Cc1ccc(O)c(C(=O)c2cc(C(F)(F)F)[nH]n2)c1. The van der Waals surface area contributed by atoms with E-state index in [1.54, 1.807) is 18.1 Å². The molecule has 0 aliphatic carbocycles. The van der Waals surface area contributed by atoms with Gasteiger partial charge in [-0.2, -0.15) is 18.3 Å². The molecule has 100 valence electrons.